The van der Waals surface area contributed by atoms with Gasteiger partial charge in [-0.15, -0.1) is 0 Å². The lowest BCUT2D eigenvalue weighted by Gasteiger charge is -2.31. The first kappa shape index (κ1) is 13.1. The number of fused-ring (bicyclic) bond motifs is 1. The summed E-state index contributed by atoms with van der Waals surface area (Å²) in [6.45, 7) is 2.50. The second-order valence-corrected chi connectivity index (χ2v) is 5.59. The molecule has 0 radical (unpaired) electrons. The number of hydrogen-bond donors (Lipinski definition) is 2. The molecule has 5 nitrogen and oxygen atoms in total. The molecule has 1 unspecified atom stereocenters. The predicted octanol–water partition coefficient (Wildman–Crippen LogP) is 1.20. The van der Waals surface area contributed by atoms with Gasteiger partial charge in [-0.2, -0.15) is 0 Å². The number of carbonyl (C=O) groups excluding carboxylic acids is 1. The van der Waals surface area contributed by atoms with Gasteiger partial charge in [-0.05, 0) is 44.9 Å². The minimum absolute atomic E-state index is 0.278. The maximum Gasteiger partial charge on any atom is 0.239 e. The Morgan fingerprint density at radius 1 is 1.50 bits per heavy atom. The van der Waals surface area contributed by atoms with Crippen LogP contribution >= 0.6 is 0 Å². The van der Waals surface area contributed by atoms with Crippen LogP contribution in [0.5, 0.6) is 0 Å². The average molecular weight is 272 g/mol. The number of aryl methyl sites for hydroxylation is 1. The normalized spacial score (nSPS) is 18.1. The quantitative estimate of drug-likeness (QED) is 0.859. The summed E-state index contributed by atoms with van der Waals surface area (Å²) >= 11 is 0. The lowest BCUT2D eigenvalue weighted by molar-refractivity contribution is -0.125. The molecule has 0 spiro atoms. The molecule has 1 atom stereocenters. The zero-order chi connectivity index (χ0) is 14.3. The third kappa shape index (κ3) is 1.89. The van der Waals surface area contributed by atoms with E-state index in [0.29, 0.717) is 12.5 Å². The van der Waals surface area contributed by atoms with E-state index in [1.807, 2.05) is 38.2 Å². The molecule has 5 heteroatoms. The van der Waals surface area contributed by atoms with Crippen LogP contribution in [0.1, 0.15) is 18.7 Å². The first-order valence-corrected chi connectivity index (χ1v) is 6.99. The summed E-state index contributed by atoms with van der Waals surface area (Å²) in [6.07, 6.45) is 2.10. The number of benzene rings is 1. The van der Waals surface area contributed by atoms with Crippen LogP contribution in [0, 0.1) is 12.8 Å². The van der Waals surface area contributed by atoms with Crippen LogP contribution in [0.15, 0.2) is 24.3 Å². The van der Waals surface area contributed by atoms with Crippen molar-refractivity contribution >= 4 is 16.9 Å². The first-order valence-electron chi connectivity index (χ1n) is 6.99. The SMILES string of the molecule is CNC(Cn1c(C)nc2ccccc21)(C(N)=O)C1CC1. The van der Waals surface area contributed by atoms with Gasteiger partial charge in [0, 0.05) is 0 Å². The molecule has 20 heavy (non-hydrogen) atoms. The predicted molar refractivity (Wildman–Crippen MR) is 78.2 cm³/mol. The fourth-order valence-electron chi connectivity index (χ4n) is 3.04. The lowest BCUT2D eigenvalue weighted by Crippen LogP contribution is -2.58. The largest absolute Gasteiger partial charge is 0.368 e. The summed E-state index contributed by atoms with van der Waals surface area (Å²) in [5.41, 5.74) is 7.03. The van der Waals surface area contributed by atoms with E-state index >= 15 is 0 Å². The van der Waals surface area contributed by atoms with Crippen LogP contribution < -0.4 is 11.1 Å². The highest BCUT2D eigenvalue weighted by molar-refractivity contribution is 5.86. The molecular formula is C15H20N4O. The molecule has 1 amide bonds. The van der Waals surface area contributed by atoms with Gasteiger partial charge in [0.2, 0.25) is 5.91 Å². The maximum absolute atomic E-state index is 12.0. The van der Waals surface area contributed by atoms with Gasteiger partial charge < -0.3 is 15.6 Å². The van der Waals surface area contributed by atoms with Crippen LogP contribution in [-0.2, 0) is 11.3 Å². The number of hydrogen-bond acceptors (Lipinski definition) is 3. The van der Waals surface area contributed by atoms with Gasteiger partial charge in [0.1, 0.15) is 11.4 Å². The Bertz CT molecular complexity index is 659. The van der Waals surface area contributed by atoms with Gasteiger partial charge in [0.15, 0.2) is 0 Å². The highest BCUT2D eigenvalue weighted by Crippen LogP contribution is 2.41. The minimum Gasteiger partial charge on any atom is -0.368 e. The van der Waals surface area contributed by atoms with Crippen molar-refractivity contribution < 1.29 is 4.79 Å². The Balaban J connectivity index is 2.07. The topological polar surface area (TPSA) is 72.9 Å². The van der Waals surface area contributed by atoms with Gasteiger partial charge in [-0.1, -0.05) is 12.1 Å². The third-order valence-electron chi connectivity index (χ3n) is 4.41. The van der Waals surface area contributed by atoms with Crippen LogP contribution in [-0.4, -0.2) is 28.0 Å². The number of nitrogens with two attached hydrogens (primary N) is 1. The molecule has 1 heterocycles. The van der Waals surface area contributed by atoms with Crippen molar-refractivity contribution in [1.29, 1.82) is 0 Å². The number of carbonyl (C=O) groups is 1. The number of nitrogens with one attached hydrogen (secondary N) is 1. The number of amides is 1. The molecule has 0 saturated heterocycles. The fraction of sp³-hybridized carbons (Fsp3) is 0.467. The number of para-hydroxylation sites is 2. The lowest BCUT2D eigenvalue weighted by atomic mass is 9.92. The van der Waals surface area contributed by atoms with Gasteiger partial charge in [-0.3, -0.25) is 4.79 Å². The van der Waals surface area contributed by atoms with Gasteiger partial charge in [0.05, 0.1) is 17.6 Å². The molecule has 1 aromatic heterocycles. The standard InChI is InChI=1S/C15H20N4O/c1-10-18-12-5-3-4-6-13(12)19(10)9-15(17-2,14(16)20)11-7-8-11/h3-6,11,17H,7-9H2,1-2H3,(H2,16,20). The molecular weight excluding hydrogens is 252 g/mol. The number of nitrogens with zero attached hydrogens (tertiary/aromatic N) is 2. The monoisotopic (exact) mass is 272 g/mol. The Kier molecular flexibility index (Phi) is 3.01. The molecule has 1 aliphatic rings. The summed E-state index contributed by atoms with van der Waals surface area (Å²) < 4.78 is 2.09. The van der Waals surface area contributed by atoms with Crippen LogP contribution in [0.4, 0.5) is 0 Å². The van der Waals surface area contributed by atoms with Crippen molar-refractivity contribution in [1.82, 2.24) is 14.9 Å². The van der Waals surface area contributed by atoms with Crippen molar-refractivity contribution in [2.24, 2.45) is 11.7 Å². The highest BCUT2D eigenvalue weighted by atomic mass is 16.1. The Morgan fingerprint density at radius 3 is 2.80 bits per heavy atom. The number of primary amides is 1. The Labute approximate surface area is 118 Å². The van der Waals surface area contributed by atoms with E-state index in [1.54, 1.807) is 0 Å². The molecule has 0 aliphatic heterocycles. The Morgan fingerprint density at radius 2 is 2.20 bits per heavy atom. The van der Waals surface area contributed by atoms with Crippen molar-refractivity contribution in [2.45, 2.75) is 31.8 Å². The van der Waals surface area contributed by atoms with E-state index in [0.717, 1.165) is 29.7 Å². The van der Waals surface area contributed by atoms with E-state index in [-0.39, 0.29) is 5.91 Å². The minimum atomic E-state index is -0.672. The molecule has 3 N–H and O–H groups in total. The number of rotatable bonds is 5. The maximum atomic E-state index is 12.0. The molecule has 1 aromatic carbocycles. The Hall–Kier alpha value is -1.88. The zero-order valence-corrected chi connectivity index (χ0v) is 11.9. The molecule has 106 valence electrons. The van der Waals surface area contributed by atoms with E-state index in [2.05, 4.69) is 14.9 Å². The number of imidazole rings is 1. The molecule has 1 aliphatic carbocycles. The number of likely N-dealkylation sites (N-methyl/N-ethyl adjacent to an activating group) is 1. The molecule has 2 aromatic rings. The van der Waals surface area contributed by atoms with E-state index in [1.165, 1.54) is 0 Å². The molecule has 1 fully saturated rings. The number of aromatic nitrogens is 2. The third-order valence-corrected chi connectivity index (χ3v) is 4.41. The van der Waals surface area contributed by atoms with Crippen molar-refractivity contribution in [3.05, 3.63) is 30.1 Å². The van der Waals surface area contributed by atoms with Crippen molar-refractivity contribution in [2.75, 3.05) is 7.05 Å². The summed E-state index contributed by atoms with van der Waals surface area (Å²) in [5, 5.41) is 3.18. The summed E-state index contributed by atoms with van der Waals surface area (Å²) in [7, 11) is 1.82. The zero-order valence-electron chi connectivity index (χ0n) is 11.9. The summed E-state index contributed by atoms with van der Waals surface area (Å²) in [4.78, 5) is 16.6. The van der Waals surface area contributed by atoms with E-state index in [4.69, 9.17) is 5.73 Å². The summed E-state index contributed by atoms with van der Waals surface area (Å²) in [5.74, 6) is 0.956. The van der Waals surface area contributed by atoms with E-state index in [9.17, 15) is 4.79 Å². The second-order valence-electron chi connectivity index (χ2n) is 5.59. The smallest absolute Gasteiger partial charge is 0.239 e. The molecule has 0 bridgehead atoms. The average Bonchev–Trinajstić information content (AvgIpc) is 3.22. The second kappa shape index (κ2) is 4.59. The van der Waals surface area contributed by atoms with Gasteiger partial charge >= 0.3 is 0 Å². The van der Waals surface area contributed by atoms with E-state index < -0.39 is 5.54 Å². The van der Waals surface area contributed by atoms with Crippen LogP contribution in [0.2, 0.25) is 0 Å². The molecule has 3 rings (SSSR count). The molecule has 1 saturated carbocycles. The van der Waals surface area contributed by atoms with Crippen molar-refractivity contribution in [3.63, 3.8) is 0 Å². The van der Waals surface area contributed by atoms with Crippen molar-refractivity contribution in [3.8, 4) is 0 Å². The van der Waals surface area contributed by atoms with Crippen LogP contribution in [0.25, 0.3) is 11.0 Å². The summed E-state index contributed by atoms with van der Waals surface area (Å²) in [6, 6.07) is 7.98. The van der Waals surface area contributed by atoms with Gasteiger partial charge in [0.25, 0.3) is 0 Å². The van der Waals surface area contributed by atoms with Crippen LogP contribution in [0.3, 0.4) is 0 Å². The fourth-order valence-corrected chi connectivity index (χ4v) is 3.04. The van der Waals surface area contributed by atoms with Gasteiger partial charge in [-0.25, -0.2) is 4.98 Å². The highest BCUT2D eigenvalue weighted by Gasteiger charge is 2.49. The first-order chi connectivity index (χ1) is 9.58.